The van der Waals surface area contributed by atoms with Gasteiger partial charge in [0.05, 0.1) is 5.56 Å². The van der Waals surface area contributed by atoms with E-state index < -0.39 is 0 Å². The molecule has 1 saturated carbocycles. The number of carbonyl (C=O) groups excluding carboxylic acids is 2. The maximum Gasteiger partial charge on any atom is 0.254 e. The van der Waals surface area contributed by atoms with E-state index in [0.29, 0.717) is 17.4 Å². The Kier molecular flexibility index (Phi) is 5.02. The number of carbonyl (C=O) groups is 2. The van der Waals surface area contributed by atoms with Crippen LogP contribution in [-0.4, -0.2) is 59.9 Å². The highest BCUT2D eigenvalue weighted by atomic mass is 16.5. The molecule has 2 aliphatic rings. The highest BCUT2D eigenvalue weighted by Crippen LogP contribution is 2.29. The van der Waals surface area contributed by atoms with Crippen molar-refractivity contribution >= 4 is 11.8 Å². The van der Waals surface area contributed by atoms with Crippen LogP contribution in [0.3, 0.4) is 0 Å². The highest BCUT2D eigenvalue weighted by Gasteiger charge is 2.32. The minimum Gasteiger partial charge on any atom is -0.474 e. The molecule has 1 aromatic rings. The number of piperidine rings is 1. The summed E-state index contributed by atoms with van der Waals surface area (Å²) in [5.74, 6) is 1.06. The van der Waals surface area contributed by atoms with Gasteiger partial charge >= 0.3 is 0 Å². The van der Waals surface area contributed by atoms with Crippen LogP contribution in [0.1, 0.15) is 42.5 Å². The van der Waals surface area contributed by atoms with Gasteiger partial charge < -0.3 is 14.5 Å². The average Bonchev–Trinajstić information content (AvgIpc) is 2.54. The molecule has 6 heteroatoms. The Labute approximate surface area is 142 Å². The number of aromatic nitrogens is 1. The zero-order valence-electron chi connectivity index (χ0n) is 14.4. The normalized spacial score (nSPS) is 18.8. The summed E-state index contributed by atoms with van der Waals surface area (Å²) in [4.78, 5) is 31.8. The van der Waals surface area contributed by atoms with Crippen molar-refractivity contribution in [2.45, 2.75) is 38.2 Å². The molecule has 0 radical (unpaired) electrons. The van der Waals surface area contributed by atoms with Gasteiger partial charge in [-0.15, -0.1) is 0 Å². The van der Waals surface area contributed by atoms with Crippen LogP contribution in [0.25, 0.3) is 0 Å². The predicted molar refractivity (Wildman–Crippen MR) is 89.8 cm³/mol. The summed E-state index contributed by atoms with van der Waals surface area (Å²) in [7, 11) is 3.43. The van der Waals surface area contributed by atoms with Gasteiger partial charge in [0.15, 0.2) is 0 Å². The van der Waals surface area contributed by atoms with Crippen LogP contribution in [0.2, 0.25) is 0 Å². The van der Waals surface area contributed by atoms with Crippen LogP contribution >= 0.6 is 0 Å². The average molecular weight is 331 g/mol. The lowest BCUT2D eigenvalue weighted by atomic mass is 9.84. The SMILES string of the molecule is CN(C)C(=O)c1ccc(OC2CCN(C(=O)C3CCC3)CC2)nc1. The Morgan fingerprint density at radius 2 is 1.88 bits per heavy atom. The van der Waals surface area contributed by atoms with Crippen molar-refractivity contribution in [1.29, 1.82) is 0 Å². The number of nitrogens with zero attached hydrogens (tertiary/aromatic N) is 3. The molecule has 0 unspecified atom stereocenters. The zero-order valence-corrected chi connectivity index (χ0v) is 14.4. The second kappa shape index (κ2) is 7.20. The molecule has 0 N–H and O–H groups in total. The van der Waals surface area contributed by atoms with Gasteiger partial charge in [-0.2, -0.15) is 0 Å². The van der Waals surface area contributed by atoms with Crippen LogP contribution in [0.15, 0.2) is 18.3 Å². The molecule has 1 saturated heterocycles. The fraction of sp³-hybridized carbons (Fsp3) is 0.611. The summed E-state index contributed by atoms with van der Waals surface area (Å²) >= 11 is 0. The molecule has 2 heterocycles. The van der Waals surface area contributed by atoms with E-state index in [4.69, 9.17) is 4.74 Å². The van der Waals surface area contributed by atoms with Crippen molar-refractivity contribution in [2.24, 2.45) is 5.92 Å². The van der Waals surface area contributed by atoms with Gasteiger partial charge in [-0.05, 0) is 18.9 Å². The summed E-state index contributed by atoms with van der Waals surface area (Å²) < 4.78 is 5.91. The maximum atomic E-state index is 12.2. The largest absolute Gasteiger partial charge is 0.474 e. The molecule has 3 rings (SSSR count). The van der Waals surface area contributed by atoms with Gasteiger partial charge in [0.2, 0.25) is 11.8 Å². The molecule has 24 heavy (non-hydrogen) atoms. The Bertz CT molecular complexity index is 588. The first-order chi connectivity index (χ1) is 11.5. The first kappa shape index (κ1) is 16.7. The third-order valence-electron chi connectivity index (χ3n) is 4.88. The molecule has 0 aromatic carbocycles. The van der Waals surface area contributed by atoms with E-state index in [0.717, 1.165) is 38.8 Å². The molecule has 0 atom stereocenters. The third kappa shape index (κ3) is 3.68. The van der Waals surface area contributed by atoms with Crippen LogP contribution in [-0.2, 0) is 4.79 Å². The molecule has 6 nitrogen and oxygen atoms in total. The summed E-state index contributed by atoms with van der Waals surface area (Å²) in [5, 5.41) is 0. The van der Waals surface area contributed by atoms with E-state index in [-0.39, 0.29) is 17.9 Å². The van der Waals surface area contributed by atoms with Crippen molar-refractivity contribution in [3.05, 3.63) is 23.9 Å². The Morgan fingerprint density at radius 3 is 2.38 bits per heavy atom. The summed E-state index contributed by atoms with van der Waals surface area (Å²) in [6.45, 7) is 1.52. The molecule has 2 amide bonds. The van der Waals surface area contributed by atoms with Crippen molar-refractivity contribution in [3.8, 4) is 5.88 Å². The molecule has 0 bridgehead atoms. The van der Waals surface area contributed by atoms with Gasteiger partial charge in [0.1, 0.15) is 6.10 Å². The minimum absolute atomic E-state index is 0.0723. The van der Waals surface area contributed by atoms with Gasteiger partial charge in [0, 0.05) is 58.2 Å². The number of ether oxygens (including phenoxy) is 1. The first-order valence-electron chi connectivity index (χ1n) is 8.68. The lowest BCUT2D eigenvalue weighted by Gasteiger charge is -2.36. The van der Waals surface area contributed by atoms with E-state index in [2.05, 4.69) is 4.98 Å². The molecule has 1 aromatic heterocycles. The summed E-state index contributed by atoms with van der Waals surface area (Å²) in [5.41, 5.74) is 0.549. The predicted octanol–water partition coefficient (Wildman–Crippen LogP) is 1.95. The fourth-order valence-electron chi connectivity index (χ4n) is 3.11. The van der Waals surface area contributed by atoms with E-state index in [1.807, 2.05) is 4.90 Å². The summed E-state index contributed by atoms with van der Waals surface area (Å²) in [6, 6.07) is 3.47. The van der Waals surface area contributed by atoms with Gasteiger partial charge in [-0.3, -0.25) is 9.59 Å². The van der Waals surface area contributed by atoms with Crippen molar-refractivity contribution in [3.63, 3.8) is 0 Å². The number of amides is 2. The lowest BCUT2D eigenvalue weighted by Crippen LogP contribution is -2.45. The van der Waals surface area contributed by atoms with Gasteiger partial charge in [0.25, 0.3) is 5.91 Å². The Morgan fingerprint density at radius 1 is 1.17 bits per heavy atom. The number of hydrogen-bond acceptors (Lipinski definition) is 4. The quantitative estimate of drug-likeness (QED) is 0.846. The topological polar surface area (TPSA) is 62.7 Å². The van der Waals surface area contributed by atoms with E-state index in [9.17, 15) is 9.59 Å². The molecule has 130 valence electrons. The minimum atomic E-state index is -0.0723. The number of pyridine rings is 1. The standard InChI is InChI=1S/C18H25N3O3/c1-20(2)17(22)14-6-7-16(19-12-14)24-15-8-10-21(11-9-15)18(23)13-4-3-5-13/h6-7,12-13,15H,3-5,8-11H2,1-2H3. The number of rotatable bonds is 4. The van der Waals surface area contributed by atoms with Crippen molar-refractivity contribution in [1.82, 2.24) is 14.8 Å². The van der Waals surface area contributed by atoms with Crippen LogP contribution in [0, 0.1) is 5.92 Å². The Balaban J connectivity index is 1.49. The number of likely N-dealkylation sites (tertiary alicyclic amines) is 1. The monoisotopic (exact) mass is 331 g/mol. The fourth-order valence-corrected chi connectivity index (χ4v) is 3.11. The Hall–Kier alpha value is -2.11. The summed E-state index contributed by atoms with van der Waals surface area (Å²) in [6.07, 6.45) is 6.59. The first-order valence-corrected chi connectivity index (χ1v) is 8.68. The second-order valence-electron chi connectivity index (χ2n) is 6.86. The van der Waals surface area contributed by atoms with Crippen molar-refractivity contribution in [2.75, 3.05) is 27.2 Å². The van der Waals surface area contributed by atoms with E-state index in [1.54, 1.807) is 32.4 Å². The van der Waals surface area contributed by atoms with E-state index >= 15 is 0 Å². The van der Waals surface area contributed by atoms with Crippen LogP contribution in [0.4, 0.5) is 0 Å². The second-order valence-corrected chi connectivity index (χ2v) is 6.86. The van der Waals surface area contributed by atoms with Crippen LogP contribution < -0.4 is 4.74 Å². The zero-order chi connectivity index (χ0) is 17.1. The number of hydrogen-bond donors (Lipinski definition) is 0. The van der Waals surface area contributed by atoms with Crippen molar-refractivity contribution < 1.29 is 14.3 Å². The smallest absolute Gasteiger partial charge is 0.254 e. The van der Waals surface area contributed by atoms with Gasteiger partial charge in [-0.25, -0.2) is 4.98 Å². The van der Waals surface area contributed by atoms with Gasteiger partial charge in [-0.1, -0.05) is 6.42 Å². The maximum absolute atomic E-state index is 12.2. The lowest BCUT2D eigenvalue weighted by molar-refractivity contribution is -0.140. The van der Waals surface area contributed by atoms with Crippen LogP contribution in [0.5, 0.6) is 5.88 Å². The highest BCUT2D eigenvalue weighted by molar-refractivity contribution is 5.93. The molecule has 0 spiro atoms. The molecule has 1 aliphatic heterocycles. The molecule has 1 aliphatic carbocycles. The third-order valence-corrected chi connectivity index (χ3v) is 4.88. The molecule has 2 fully saturated rings. The van der Waals surface area contributed by atoms with E-state index in [1.165, 1.54) is 11.3 Å². The molecular formula is C18H25N3O3. The molecular weight excluding hydrogens is 306 g/mol.